The van der Waals surface area contributed by atoms with E-state index >= 15 is 0 Å². The minimum atomic E-state index is -0.219. The van der Waals surface area contributed by atoms with Gasteiger partial charge in [-0.1, -0.05) is 23.7 Å². The summed E-state index contributed by atoms with van der Waals surface area (Å²) in [5, 5.41) is 6.71. The van der Waals surface area contributed by atoms with Crippen LogP contribution in [0.25, 0.3) is 0 Å². The Labute approximate surface area is 158 Å². The van der Waals surface area contributed by atoms with E-state index < -0.39 is 0 Å². The van der Waals surface area contributed by atoms with Crippen molar-refractivity contribution < 1.29 is 18.8 Å². The first-order valence-electron chi connectivity index (χ1n) is 9.14. The molecule has 0 unspecified atom stereocenters. The highest BCUT2D eigenvalue weighted by molar-refractivity contribution is 6.04. The molecule has 1 amide bonds. The number of nitrogens with one attached hydrogen (secondary N) is 1. The quantitative estimate of drug-likeness (QED) is 0.813. The fourth-order valence-electron chi connectivity index (χ4n) is 3.48. The van der Waals surface area contributed by atoms with E-state index in [0.717, 1.165) is 31.4 Å². The van der Waals surface area contributed by atoms with E-state index in [1.807, 2.05) is 18.2 Å². The molecule has 1 N–H and O–H groups in total. The molecule has 2 heterocycles. The van der Waals surface area contributed by atoms with Crippen molar-refractivity contribution in [1.82, 2.24) is 10.1 Å². The number of amides is 1. The Morgan fingerprint density at radius 1 is 1.33 bits per heavy atom. The zero-order valence-corrected chi connectivity index (χ0v) is 15.9. The SMILES string of the molecule is COC(=O)[C@@H]1CCCCN1Cc1cccc(C(=O)Nc2c(C)noc2C)c1. The van der Waals surface area contributed by atoms with Crippen molar-refractivity contribution in [3.05, 3.63) is 46.8 Å². The number of piperidine rings is 1. The summed E-state index contributed by atoms with van der Waals surface area (Å²) in [7, 11) is 1.43. The highest BCUT2D eigenvalue weighted by atomic mass is 16.5. The molecule has 3 rings (SSSR count). The van der Waals surface area contributed by atoms with Crippen molar-refractivity contribution in [3.63, 3.8) is 0 Å². The van der Waals surface area contributed by atoms with Crippen molar-refractivity contribution in [2.45, 2.75) is 45.7 Å². The second-order valence-corrected chi connectivity index (χ2v) is 6.86. The molecule has 0 radical (unpaired) electrons. The van der Waals surface area contributed by atoms with Crippen LogP contribution in [0.4, 0.5) is 5.69 Å². The van der Waals surface area contributed by atoms with E-state index in [2.05, 4.69) is 15.4 Å². The van der Waals surface area contributed by atoms with E-state index in [-0.39, 0.29) is 17.9 Å². The number of hydrogen-bond donors (Lipinski definition) is 1. The minimum Gasteiger partial charge on any atom is -0.468 e. The second kappa shape index (κ2) is 8.35. The third-order valence-corrected chi connectivity index (χ3v) is 4.93. The van der Waals surface area contributed by atoms with Gasteiger partial charge in [-0.3, -0.25) is 14.5 Å². The molecule has 0 spiro atoms. The number of ether oxygens (including phenoxy) is 1. The number of carbonyl (C=O) groups is 2. The molecule has 1 fully saturated rings. The largest absolute Gasteiger partial charge is 0.468 e. The van der Waals surface area contributed by atoms with E-state index in [4.69, 9.17) is 9.26 Å². The van der Waals surface area contributed by atoms with Gasteiger partial charge in [-0.15, -0.1) is 0 Å². The van der Waals surface area contributed by atoms with Crippen LogP contribution in [-0.4, -0.2) is 41.6 Å². The number of hydrogen-bond acceptors (Lipinski definition) is 6. The second-order valence-electron chi connectivity index (χ2n) is 6.86. The van der Waals surface area contributed by atoms with Crippen LogP contribution < -0.4 is 5.32 Å². The summed E-state index contributed by atoms with van der Waals surface area (Å²) in [6, 6.07) is 7.23. The first-order chi connectivity index (χ1) is 13.0. The van der Waals surface area contributed by atoms with Gasteiger partial charge in [0.25, 0.3) is 5.91 Å². The van der Waals surface area contributed by atoms with Gasteiger partial charge in [0.15, 0.2) is 5.76 Å². The molecule has 1 aromatic carbocycles. The number of carbonyl (C=O) groups excluding carboxylic acids is 2. The Kier molecular flexibility index (Phi) is 5.91. The Hall–Kier alpha value is -2.67. The lowest BCUT2D eigenvalue weighted by atomic mass is 10.0. The van der Waals surface area contributed by atoms with Crippen molar-refractivity contribution in [3.8, 4) is 0 Å². The normalized spacial score (nSPS) is 17.5. The third kappa shape index (κ3) is 4.36. The summed E-state index contributed by atoms with van der Waals surface area (Å²) >= 11 is 0. The standard InChI is InChI=1S/C20H25N3O4/c1-13-18(14(2)27-22-13)21-19(24)16-8-6-7-15(11-16)12-23-10-5-4-9-17(23)20(25)26-3/h6-8,11,17H,4-5,9-10,12H2,1-3H3,(H,21,24)/t17-/m0/s1. The Balaban J connectivity index is 1.73. The average Bonchev–Trinajstić information content (AvgIpc) is 3.00. The van der Waals surface area contributed by atoms with Gasteiger partial charge in [0.05, 0.1) is 7.11 Å². The van der Waals surface area contributed by atoms with Crippen LogP contribution in [0.2, 0.25) is 0 Å². The number of aryl methyl sites for hydroxylation is 2. The summed E-state index contributed by atoms with van der Waals surface area (Å²) in [6.07, 6.45) is 2.88. The molecule has 7 nitrogen and oxygen atoms in total. The molecule has 2 aromatic rings. The molecular weight excluding hydrogens is 346 g/mol. The average molecular weight is 371 g/mol. The highest BCUT2D eigenvalue weighted by Crippen LogP contribution is 2.22. The summed E-state index contributed by atoms with van der Waals surface area (Å²) in [6.45, 7) is 4.99. The lowest BCUT2D eigenvalue weighted by molar-refractivity contribution is -0.148. The fourth-order valence-corrected chi connectivity index (χ4v) is 3.48. The molecule has 1 saturated heterocycles. The molecule has 1 atom stereocenters. The predicted octanol–water partition coefficient (Wildman–Crippen LogP) is 3.07. The van der Waals surface area contributed by atoms with Gasteiger partial charge in [0.1, 0.15) is 17.4 Å². The zero-order chi connectivity index (χ0) is 19.4. The smallest absolute Gasteiger partial charge is 0.323 e. The highest BCUT2D eigenvalue weighted by Gasteiger charge is 2.29. The minimum absolute atomic E-state index is 0.193. The topological polar surface area (TPSA) is 84.7 Å². The Morgan fingerprint density at radius 3 is 2.85 bits per heavy atom. The number of aromatic nitrogens is 1. The fraction of sp³-hybridized carbons (Fsp3) is 0.450. The van der Waals surface area contributed by atoms with Crippen molar-refractivity contribution >= 4 is 17.6 Å². The molecule has 144 valence electrons. The number of rotatable bonds is 5. The maximum absolute atomic E-state index is 12.6. The molecular formula is C20H25N3O4. The molecule has 27 heavy (non-hydrogen) atoms. The monoisotopic (exact) mass is 371 g/mol. The van der Waals surface area contributed by atoms with Crippen LogP contribution in [0.15, 0.2) is 28.8 Å². The van der Waals surface area contributed by atoms with Gasteiger partial charge < -0.3 is 14.6 Å². The van der Waals surface area contributed by atoms with Gasteiger partial charge >= 0.3 is 5.97 Å². The number of nitrogens with zero attached hydrogens (tertiary/aromatic N) is 2. The van der Waals surface area contributed by atoms with E-state index in [9.17, 15) is 9.59 Å². The van der Waals surface area contributed by atoms with Crippen LogP contribution in [-0.2, 0) is 16.1 Å². The van der Waals surface area contributed by atoms with Crippen LogP contribution in [0, 0.1) is 13.8 Å². The molecule has 1 aromatic heterocycles. The lowest BCUT2D eigenvalue weighted by Gasteiger charge is -2.33. The molecule has 0 aliphatic carbocycles. The van der Waals surface area contributed by atoms with Gasteiger partial charge in [0, 0.05) is 12.1 Å². The van der Waals surface area contributed by atoms with Crippen LogP contribution in [0.3, 0.4) is 0 Å². The van der Waals surface area contributed by atoms with Crippen LogP contribution >= 0.6 is 0 Å². The molecule has 0 saturated carbocycles. The number of esters is 1. The van der Waals surface area contributed by atoms with E-state index in [0.29, 0.717) is 29.2 Å². The van der Waals surface area contributed by atoms with Crippen LogP contribution in [0.5, 0.6) is 0 Å². The Bertz CT molecular complexity index is 811. The lowest BCUT2D eigenvalue weighted by Crippen LogP contribution is -2.44. The Morgan fingerprint density at radius 2 is 2.15 bits per heavy atom. The van der Waals surface area contributed by atoms with Crippen molar-refractivity contribution in [2.24, 2.45) is 0 Å². The summed E-state index contributed by atoms with van der Waals surface area (Å²) in [5.41, 5.74) is 2.79. The first-order valence-corrected chi connectivity index (χ1v) is 9.14. The van der Waals surface area contributed by atoms with Gasteiger partial charge in [-0.05, 0) is 50.9 Å². The maximum atomic E-state index is 12.6. The van der Waals surface area contributed by atoms with Crippen molar-refractivity contribution in [2.75, 3.05) is 19.0 Å². The molecule has 1 aliphatic heterocycles. The maximum Gasteiger partial charge on any atom is 0.323 e. The van der Waals surface area contributed by atoms with Crippen molar-refractivity contribution in [1.29, 1.82) is 0 Å². The zero-order valence-electron chi connectivity index (χ0n) is 15.9. The third-order valence-electron chi connectivity index (χ3n) is 4.93. The first kappa shape index (κ1) is 19.1. The predicted molar refractivity (Wildman–Crippen MR) is 100 cm³/mol. The number of benzene rings is 1. The molecule has 0 bridgehead atoms. The van der Waals surface area contributed by atoms with E-state index in [1.165, 1.54) is 7.11 Å². The molecule has 7 heteroatoms. The number of anilines is 1. The molecule has 1 aliphatic rings. The van der Waals surface area contributed by atoms with Gasteiger partial charge in [-0.2, -0.15) is 0 Å². The number of likely N-dealkylation sites (tertiary alicyclic amines) is 1. The number of methoxy groups -OCH3 is 1. The summed E-state index contributed by atoms with van der Waals surface area (Å²) in [5.74, 6) is 0.169. The van der Waals surface area contributed by atoms with Crippen LogP contribution in [0.1, 0.15) is 46.6 Å². The van der Waals surface area contributed by atoms with Gasteiger partial charge in [0.2, 0.25) is 0 Å². The summed E-state index contributed by atoms with van der Waals surface area (Å²) in [4.78, 5) is 26.8. The summed E-state index contributed by atoms with van der Waals surface area (Å²) < 4.78 is 10.0. The van der Waals surface area contributed by atoms with Gasteiger partial charge in [-0.25, -0.2) is 0 Å². The van der Waals surface area contributed by atoms with E-state index in [1.54, 1.807) is 19.9 Å².